The molecule has 4 N–H and O–H groups in total. The molecule has 0 aromatic heterocycles. The zero-order valence-electron chi connectivity index (χ0n) is 44.9. The summed E-state index contributed by atoms with van der Waals surface area (Å²) in [6, 6.07) is 28.0. The van der Waals surface area contributed by atoms with Crippen molar-refractivity contribution in [3.8, 4) is 11.5 Å². The molecule has 14 nitrogen and oxygen atoms in total. The van der Waals surface area contributed by atoms with Crippen molar-refractivity contribution in [3.05, 3.63) is 143 Å². The largest absolute Gasteiger partial charge is 0.490 e. The van der Waals surface area contributed by atoms with E-state index in [0.29, 0.717) is 63.5 Å². The molecule has 404 valence electrons. The van der Waals surface area contributed by atoms with Gasteiger partial charge in [0.15, 0.2) is 11.6 Å². The lowest BCUT2D eigenvalue weighted by Gasteiger charge is -2.31. The molecule has 4 aromatic rings. The van der Waals surface area contributed by atoms with Crippen molar-refractivity contribution in [1.29, 1.82) is 0 Å². The highest BCUT2D eigenvalue weighted by molar-refractivity contribution is 5.95. The predicted molar refractivity (Wildman–Crippen MR) is 294 cm³/mol. The first-order chi connectivity index (χ1) is 36.9. The minimum Gasteiger partial charge on any atom is -0.490 e. The van der Waals surface area contributed by atoms with Crippen LogP contribution in [0.25, 0.3) is 0 Å². The minimum absolute atomic E-state index is 0.0930. The molecule has 2 heterocycles. The summed E-state index contributed by atoms with van der Waals surface area (Å²) in [7, 11) is 3.40. The van der Waals surface area contributed by atoms with Gasteiger partial charge in [-0.05, 0) is 174 Å². The number of fused-ring (bicyclic) bond motifs is 2. The van der Waals surface area contributed by atoms with E-state index in [1.807, 2.05) is 72.8 Å². The van der Waals surface area contributed by atoms with Gasteiger partial charge in [0, 0.05) is 38.8 Å². The molecule has 2 aliphatic heterocycles. The number of carbonyl (C=O) groups excluding carboxylic acids is 6. The fourth-order valence-electron chi connectivity index (χ4n) is 11.6. The van der Waals surface area contributed by atoms with Crippen molar-refractivity contribution in [1.82, 2.24) is 31.1 Å². The maximum Gasteiger partial charge on any atom is 0.246 e. The van der Waals surface area contributed by atoms with Crippen molar-refractivity contribution in [2.24, 2.45) is 0 Å². The van der Waals surface area contributed by atoms with E-state index < -0.39 is 36.3 Å². The van der Waals surface area contributed by atoms with Crippen molar-refractivity contribution in [2.75, 3.05) is 40.4 Å². The zero-order chi connectivity index (χ0) is 53.6. The van der Waals surface area contributed by atoms with Gasteiger partial charge in [-0.2, -0.15) is 0 Å². The molecule has 4 aromatic carbocycles. The zero-order valence-corrected chi connectivity index (χ0v) is 44.9. The van der Waals surface area contributed by atoms with Gasteiger partial charge in [0.1, 0.15) is 36.8 Å². The van der Waals surface area contributed by atoms with Crippen LogP contribution in [-0.2, 0) is 54.5 Å². The van der Waals surface area contributed by atoms with Crippen LogP contribution in [0.15, 0.2) is 109 Å². The lowest BCUT2D eigenvalue weighted by molar-refractivity contribution is -0.141. The molecule has 8 atom stereocenters. The molecule has 2 aliphatic carbocycles. The fourth-order valence-corrected chi connectivity index (χ4v) is 11.6. The summed E-state index contributed by atoms with van der Waals surface area (Å²) in [6.45, 7) is 5.04. The first-order valence-corrected chi connectivity index (χ1v) is 27.8. The Kier molecular flexibility index (Phi) is 19.7. The van der Waals surface area contributed by atoms with E-state index in [2.05, 4.69) is 57.7 Å². The highest BCUT2D eigenvalue weighted by Gasteiger charge is 2.41. The highest BCUT2D eigenvalue weighted by atomic mass is 16.5. The summed E-state index contributed by atoms with van der Waals surface area (Å²) in [6.07, 6.45) is 13.9. The topological polar surface area (TPSA) is 175 Å². The Morgan fingerprint density at radius 2 is 0.934 bits per heavy atom. The van der Waals surface area contributed by atoms with Crippen molar-refractivity contribution in [2.45, 2.75) is 152 Å². The van der Waals surface area contributed by atoms with Crippen molar-refractivity contribution < 1.29 is 38.2 Å². The number of hydrogen-bond acceptors (Lipinski definition) is 10. The molecule has 14 heteroatoms. The van der Waals surface area contributed by atoms with E-state index in [0.717, 1.165) is 62.5 Å². The first-order valence-electron chi connectivity index (χ1n) is 27.8. The first kappa shape index (κ1) is 55.6. The number of nitrogens with one attached hydrogen (secondary N) is 4. The number of Topliss-reactive ketones (excluding diaryl/α,β-unsaturated/α-hetero) is 2. The highest BCUT2D eigenvalue weighted by Crippen LogP contribution is 2.37. The molecule has 76 heavy (non-hydrogen) atoms. The molecular weight excluding hydrogens is 957 g/mol. The van der Waals surface area contributed by atoms with Gasteiger partial charge >= 0.3 is 0 Å². The SMILES string of the molecule is CN[C@@H](C)C(=O)N[C@@H](Cc1ccc(OC/C=C\COc2ccc(C[C@H](NC(=O)[C@H](C)NC)C(=O)N3CCCC3C(=O)C[C@@H]3CCCc4ccccc43)cc2)cc1)C(=O)N1CCCC1C(=O)C[C@@H]1CCCc2ccccc21. The number of ether oxygens (including phenoxy) is 2. The second kappa shape index (κ2) is 26.9. The van der Waals surface area contributed by atoms with Gasteiger partial charge in [-0.15, -0.1) is 0 Å². The summed E-state index contributed by atoms with van der Waals surface area (Å²) < 4.78 is 12.0. The van der Waals surface area contributed by atoms with Gasteiger partial charge in [-0.25, -0.2) is 0 Å². The second-order valence-corrected chi connectivity index (χ2v) is 21.2. The van der Waals surface area contributed by atoms with Crippen LogP contribution in [0.1, 0.15) is 123 Å². The van der Waals surface area contributed by atoms with E-state index in [9.17, 15) is 28.8 Å². The molecule has 0 saturated carbocycles. The normalized spacial score (nSPS) is 20.7. The Bertz CT molecular complexity index is 2490. The molecule has 2 saturated heterocycles. The number of aryl methyl sites for hydroxylation is 2. The van der Waals surface area contributed by atoms with Gasteiger partial charge in [-0.1, -0.05) is 72.8 Å². The monoisotopic (exact) mass is 1030 g/mol. The molecule has 2 unspecified atom stereocenters. The average Bonchev–Trinajstić information content (AvgIpc) is 4.16. The number of hydrogen-bond donors (Lipinski definition) is 4. The summed E-state index contributed by atoms with van der Waals surface area (Å²) in [5, 5.41) is 11.9. The lowest BCUT2D eigenvalue weighted by Crippen LogP contribution is -2.55. The number of likely N-dealkylation sites (tertiary alicyclic amines) is 2. The van der Waals surface area contributed by atoms with Crippen LogP contribution >= 0.6 is 0 Å². The smallest absolute Gasteiger partial charge is 0.246 e. The van der Waals surface area contributed by atoms with Crippen molar-refractivity contribution >= 4 is 35.2 Å². The molecular formula is C62H78N6O8. The van der Waals surface area contributed by atoms with Crippen molar-refractivity contribution in [3.63, 3.8) is 0 Å². The molecule has 4 aliphatic rings. The standard InChI is InChI=1S/C62H78N6O8/c1-41(63-3)59(71)65-53(61(73)67-33-13-23-55(67)57(69)39-47-19-11-17-45-15-5-7-21-51(45)47)37-43-25-29-49(30-26-43)75-35-9-10-36-76-50-31-27-44(28-32-50)38-54(66-60(72)42(2)64-4)62(74)68-34-14-24-56(68)58(70)40-48-20-12-18-46-16-6-8-22-52(46)48/h5-10,15-16,21-22,25-32,41-42,47-48,53-56,63-64H,11-14,17-20,23-24,33-40H2,1-4H3,(H,65,71)(H,66,72)/b10-9-/t41-,42-,47-,48-,53-,54-,55?,56?/m0/s1. The number of carbonyl (C=O) groups is 6. The van der Waals surface area contributed by atoms with E-state index in [4.69, 9.17) is 9.47 Å². The van der Waals surface area contributed by atoms with E-state index in [1.54, 1.807) is 37.7 Å². The third kappa shape index (κ3) is 14.2. The summed E-state index contributed by atoms with van der Waals surface area (Å²) in [5.74, 6) is 0.733. The van der Waals surface area contributed by atoms with Gasteiger partial charge < -0.3 is 40.5 Å². The second-order valence-electron chi connectivity index (χ2n) is 21.2. The van der Waals surface area contributed by atoms with Gasteiger partial charge in [0.05, 0.1) is 24.2 Å². The Labute approximate surface area is 449 Å². The molecule has 0 bridgehead atoms. The average molecular weight is 1040 g/mol. The number of likely N-dealkylation sites (N-methyl/N-ethyl adjacent to an activating group) is 2. The third-order valence-corrected chi connectivity index (χ3v) is 16.2. The van der Waals surface area contributed by atoms with Gasteiger partial charge in [0.2, 0.25) is 23.6 Å². The van der Waals surface area contributed by atoms with Crippen LogP contribution in [-0.4, -0.2) is 122 Å². The Balaban J connectivity index is 0.813. The van der Waals surface area contributed by atoms with E-state index >= 15 is 0 Å². The lowest BCUT2D eigenvalue weighted by atomic mass is 9.79. The minimum atomic E-state index is -0.847. The summed E-state index contributed by atoms with van der Waals surface area (Å²) in [4.78, 5) is 86.2. The maximum absolute atomic E-state index is 14.3. The molecule has 0 radical (unpaired) electrons. The number of ketones is 2. The summed E-state index contributed by atoms with van der Waals surface area (Å²) in [5.41, 5.74) is 6.82. The quantitative estimate of drug-likeness (QED) is 0.0530. The Hall–Kier alpha value is -6.64. The number of rotatable bonds is 24. The van der Waals surface area contributed by atoms with Crippen LogP contribution in [0.2, 0.25) is 0 Å². The summed E-state index contributed by atoms with van der Waals surface area (Å²) >= 11 is 0. The molecule has 2 fully saturated rings. The maximum atomic E-state index is 14.3. The number of nitrogens with zero attached hydrogens (tertiary/aromatic N) is 2. The van der Waals surface area contributed by atoms with Gasteiger partial charge in [-0.3, -0.25) is 28.8 Å². The Morgan fingerprint density at radius 3 is 1.33 bits per heavy atom. The molecule has 0 spiro atoms. The number of amides is 4. The predicted octanol–water partition coefficient (Wildman–Crippen LogP) is 7.11. The van der Waals surface area contributed by atoms with E-state index in [1.165, 1.54) is 22.3 Å². The van der Waals surface area contributed by atoms with Crippen LogP contribution in [0.4, 0.5) is 0 Å². The van der Waals surface area contributed by atoms with Crippen LogP contribution in [0.3, 0.4) is 0 Å². The Morgan fingerprint density at radius 1 is 0.539 bits per heavy atom. The molecule has 4 amide bonds. The van der Waals surface area contributed by atoms with Crippen LogP contribution in [0.5, 0.6) is 11.5 Å². The number of benzene rings is 4. The van der Waals surface area contributed by atoms with Gasteiger partial charge in [0.25, 0.3) is 0 Å². The molecule has 8 rings (SSSR count). The van der Waals surface area contributed by atoms with E-state index in [-0.39, 0.29) is 59.9 Å². The van der Waals surface area contributed by atoms with Crippen LogP contribution in [0, 0.1) is 0 Å². The third-order valence-electron chi connectivity index (χ3n) is 16.2. The van der Waals surface area contributed by atoms with Crippen LogP contribution < -0.4 is 30.7 Å². The fraction of sp³-hybridized carbons (Fsp3) is 0.484.